The van der Waals surface area contributed by atoms with Crippen LogP contribution in [0.25, 0.3) is 0 Å². The first-order chi connectivity index (χ1) is 7.88. The van der Waals surface area contributed by atoms with Gasteiger partial charge < -0.3 is 10.1 Å². The molecule has 0 aliphatic carbocycles. The Kier molecular flexibility index (Phi) is 3.40. The second kappa shape index (κ2) is 5.18. The number of hydrogen-bond acceptors (Lipinski definition) is 5. The molecule has 0 aromatic carbocycles. The minimum Gasteiger partial charge on any atom is -0.436 e. The summed E-state index contributed by atoms with van der Waals surface area (Å²) in [6.45, 7) is 0.695. The van der Waals surface area contributed by atoms with Gasteiger partial charge in [0.2, 0.25) is 5.88 Å². The average Bonchev–Trinajstić information content (AvgIpc) is 2.33. The van der Waals surface area contributed by atoms with Crippen LogP contribution in [0.15, 0.2) is 36.7 Å². The van der Waals surface area contributed by atoms with Gasteiger partial charge in [0.1, 0.15) is 5.75 Å². The van der Waals surface area contributed by atoms with Gasteiger partial charge >= 0.3 is 0 Å². The highest BCUT2D eigenvalue weighted by Crippen LogP contribution is 2.16. The van der Waals surface area contributed by atoms with Gasteiger partial charge in [-0.3, -0.25) is 4.98 Å². The Morgan fingerprint density at radius 2 is 2.19 bits per heavy atom. The number of aromatic nitrogens is 3. The highest BCUT2D eigenvalue weighted by Gasteiger charge is 1.99. The number of rotatable bonds is 4. The third-order valence-electron chi connectivity index (χ3n) is 1.91. The molecule has 2 heterocycles. The lowest BCUT2D eigenvalue weighted by atomic mass is 10.4. The van der Waals surface area contributed by atoms with Crippen molar-refractivity contribution >= 4 is 0 Å². The van der Waals surface area contributed by atoms with E-state index in [1.165, 1.54) is 0 Å². The molecule has 2 aromatic rings. The number of ether oxygens (including phenoxy) is 1. The summed E-state index contributed by atoms with van der Waals surface area (Å²) in [4.78, 5) is 3.94. The van der Waals surface area contributed by atoms with Crippen molar-refractivity contribution in [2.45, 2.75) is 6.54 Å². The van der Waals surface area contributed by atoms with Crippen LogP contribution < -0.4 is 10.1 Å². The van der Waals surface area contributed by atoms with Crippen molar-refractivity contribution in [1.82, 2.24) is 20.5 Å². The molecule has 2 aromatic heterocycles. The van der Waals surface area contributed by atoms with Crippen LogP contribution >= 0.6 is 0 Å². The molecule has 0 saturated carbocycles. The van der Waals surface area contributed by atoms with Gasteiger partial charge in [0, 0.05) is 18.8 Å². The van der Waals surface area contributed by atoms with Crippen LogP contribution in [0.4, 0.5) is 0 Å². The smallest absolute Gasteiger partial charge is 0.238 e. The van der Waals surface area contributed by atoms with E-state index in [2.05, 4.69) is 20.5 Å². The maximum Gasteiger partial charge on any atom is 0.238 e. The molecular formula is C11H12N4O. The van der Waals surface area contributed by atoms with Crippen LogP contribution in [0.3, 0.4) is 0 Å². The molecule has 5 nitrogen and oxygen atoms in total. The zero-order valence-corrected chi connectivity index (χ0v) is 8.92. The lowest BCUT2D eigenvalue weighted by Gasteiger charge is -2.03. The summed E-state index contributed by atoms with van der Waals surface area (Å²) in [7, 11) is 1.86. The minimum atomic E-state index is 0.466. The number of hydrogen-bond donors (Lipinski definition) is 1. The molecule has 0 amide bonds. The molecular weight excluding hydrogens is 204 g/mol. The summed E-state index contributed by atoms with van der Waals surface area (Å²) in [5.41, 5.74) is 0.876. The van der Waals surface area contributed by atoms with Crippen molar-refractivity contribution in [3.05, 3.63) is 42.4 Å². The van der Waals surface area contributed by atoms with Crippen LogP contribution in [0.2, 0.25) is 0 Å². The number of nitrogens with zero attached hydrogens (tertiary/aromatic N) is 3. The molecule has 5 heteroatoms. The van der Waals surface area contributed by atoms with E-state index in [1.54, 1.807) is 24.5 Å². The van der Waals surface area contributed by atoms with Gasteiger partial charge in [0.25, 0.3) is 0 Å². The van der Waals surface area contributed by atoms with E-state index in [1.807, 2.05) is 19.2 Å². The van der Waals surface area contributed by atoms with E-state index >= 15 is 0 Å². The predicted molar refractivity (Wildman–Crippen MR) is 59.1 cm³/mol. The highest BCUT2D eigenvalue weighted by molar-refractivity contribution is 5.22. The quantitative estimate of drug-likeness (QED) is 0.836. The van der Waals surface area contributed by atoms with Crippen LogP contribution in [-0.4, -0.2) is 22.2 Å². The van der Waals surface area contributed by atoms with Crippen molar-refractivity contribution < 1.29 is 4.74 Å². The molecule has 1 N–H and O–H groups in total. The van der Waals surface area contributed by atoms with Gasteiger partial charge in [-0.2, -0.15) is 5.10 Å². The summed E-state index contributed by atoms with van der Waals surface area (Å²) in [6.07, 6.45) is 3.32. The van der Waals surface area contributed by atoms with Gasteiger partial charge in [0.15, 0.2) is 0 Å². The fourth-order valence-corrected chi connectivity index (χ4v) is 1.21. The summed E-state index contributed by atoms with van der Waals surface area (Å²) in [6, 6.07) is 7.27. The lowest BCUT2D eigenvalue weighted by molar-refractivity contribution is 0.451. The van der Waals surface area contributed by atoms with Crippen molar-refractivity contribution in [3.8, 4) is 11.6 Å². The average molecular weight is 216 g/mol. The fraction of sp³-hybridized carbons (Fsp3) is 0.182. The van der Waals surface area contributed by atoms with Crippen molar-refractivity contribution in [3.63, 3.8) is 0 Å². The van der Waals surface area contributed by atoms with Gasteiger partial charge in [-0.1, -0.05) is 0 Å². The normalized spacial score (nSPS) is 10.1. The fourth-order valence-electron chi connectivity index (χ4n) is 1.21. The highest BCUT2D eigenvalue weighted by atomic mass is 16.5. The molecule has 0 unspecified atom stereocenters. The number of nitrogens with one attached hydrogen (secondary N) is 1. The Morgan fingerprint density at radius 1 is 1.25 bits per heavy atom. The van der Waals surface area contributed by atoms with Crippen molar-refractivity contribution in [2.24, 2.45) is 0 Å². The molecule has 82 valence electrons. The second-order valence-corrected chi connectivity index (χ2v) is 3.18. The Labute approximate surface area is 93.5 Å². The molecule has 0 fully saturated rings. The maximum atomic E-state index is 5.45. The predicted octanol–water partition coefficient (Wildman–Crippen LogP) is 1.38. The Morgan fingerprint density at radius 3 is 2.81 bits per heavy atom. The Bertz CT molecular complexity index is 429. The van der Waals surface area contributed by atoms with E-state index in [4.69, 9.17) is 4.74 Å². The molecule has 0 atom stereocenters. The van der Waals surface area contributed by atoms with E-state index < -0.39 is 0 Å². The molecule has 0 aliphatic rings. The summed E-state index contributed by atoms with van der Waals surface area (Å²) < 4.78 is 5.45. The minimum absolute atomic E-state index is 0.466. The first-order valence-corrected chi connectivity index (χ1v) is 4.93. The zero-order chi connectivity index (χ0) is 11.2. The van der Waals surface area contributed by atoms with Gasteiger partial charge in [-0.05, 0) is 25.2 Å². The molecule has 16 heavy (non-hydrogen) atoms. The van der Waals surface area contributed by atoms with Gasteiger partial charge in [-0.15, -0.1) is 5.10 Å². The van der Waals surface area contributed by atoms with Crippen LogP contribution in [0, 0.1) is 0 Å². The van der Waals surface area contributed by atoms with E-state index in [9.17, 15) is 0 Å². The third kappa shape index (κ3) is 2.74. The molecule has 0 saturated heterocycles. The van der Waals surface area contributed by atoms with Gasteiger partial charge in [0.05, 0.1) is 11.9 Å². The summed E-state index contributed by atoms with van der Waals surface area (Å²) in [5, 5.41) is 11.0. The molecule has 0 radical (unpaired) electrons. The number of pyridine rings is 1. The SMILES string of the molecule is CNCc1ccc(Oc2cccnc2)nn1. The zero-order valence-electron chi connectivity index (χ0n) is 8.92. The van der Waals surface area contributed by atoms with E-state index in [0.29, 0.717) is 18.2 Å². The van der Waals surface area contributed by atoms with Gasteiger partial charge in [-0.25, -0.2) is 0 Å². The summed E-state index contributed by atoms with van der Waals surface area (Å²) in [5.74, 6) is 1.12. The first-order valence-electron chi connectivity index (χ1n) is 4.93. The van der Waals surface area contributed by atoms with E-state index in [-0.39, 0.29) is 0 Å². The van der Waals surface area contributed by atoms with Crippen LogP contribution in [-0.2, 0) is 6.54 Å². The first kappa shape index (κ1) is 10.5. The monoisotopic (exact) mass is 216 g/mol. The molecule has 0 spiro atoms. The molecule has 0 aliphatic heterocycles. The third-order valence-corrected chi connectivity index (χ3v) is 1.91. The van der Waals surface area contributed by atoms with Crippen LogP contribution in [0.5, 0.6) is 11.6 Å². The molecule has 2 rings (SSSR count). The largest absolute Gasteiger partial charge is 0.436 e. The standard InChI is InChI=1S/C11H12N4O/c1-12-7-9-4-5-11(15-14-9)16-10-3-2-6-13-8-10/h2-6,8,12H,7H2,1H3. The van der Waals surface area contributed by atoms with E-state index in [0.717, 1.165) is 5.69 Å². The Balaban J connectivity index is 2.05. The van der Waals surface area contributed by atoms with Crippen molar-refractivity contribution in [1.29, 1.82) is 0 Å². The summed E-state index contributed by atoms with van der Waals surface area (Å²) >= 11 is 0. The van der Waals surface area contributed by atoms with Crippen molar-refractivity contribution in [2.75, 3.05) is 7.05 Å². The molecule has 0 bridgehead atoms. The Hall–Kier alpha value is -2.01. The van der Waals surface area contributed by atoms with Crippen LogP contribution in [0.1, 0.15) is 5.69 Å². The lowest BCUT2D eigenvalue weighted by Crippen LogP contribution is -2.07. The second-order valence-electron chi connectivity index (χ2n) is 3.18. The maximum absolute atomic E-state index is 5.45. The topological polar surface area (TPSA) is 59.9 Å².